The summed E-state index contributed by atoms with van der Waals surface area (Å²) in [5, 5.41) is 9.14. The van der Waals surface area contributed by atoms with E-state index in [4.69, 9.17) is 9.84 Å². The minimum atomic E-state index is -0.865. The van der Waals surface area contributed by atoms with Crippen LogP contribution in [0.1, 0.15) is 132 Å². The summed E-state index contributed by atoms with van der Waals surface area (Å²) in [6, 6.07) is 0. The van der Waals surface area contributed by atoms with Crippen molar-refractivity contribution in [3.05, 3.63) is 11.6 Å². The second-order valence-corrected chi connectivity index (χ2v) is 15.6. The van der Waals surface area contributed by atoms with Crippen molar-refractivity contribution in [1.82, 2.24) is 0 Å². The minimum absolute atomic E-state index is 0.0171. The highest BCUT2D eigenvalue weighted by Crippen LogP contribution is 2.67. The Labute approximate surface area is 232 Å². The van der Waals surface area contributed by atoms with Gasteiger partial charge in [-0.15, -0.1) is 0 Å². The molecule has 0 heterocycles. The van der Waals surface area contributed by atoms with Gasteiger partial charge >= 0.3 is 11.9 Å². The van der Waals surface area contributed by atoms with Gasteiger partial charge in [-0.3, -0.25) is 9.59 Å². The maximum Gasteiger partial charge on any atom is 0.306 e. The Morgan fingerprint density at radius 1 is 1.03 bits per heavy atom. The molecule has 216 valence electrons. The first-order chi connectivity index (χ1) is 17.7. The van der Waals surface area contributed by atoms with Gasteiger partial charge in [-0.25, -0.2) is 0 Å². The average Bonchev–Trinajstić information content (AvgIpc) is 3.15. The zero-order valence-corrected chi connectivity index (χ0v) is 25.5. The predicted molar refractivity (Wildman–Crippen MR) is 154 cm³/mol. The number of carbonyl (C=O) groups is 2. The molecule has 0 amide bonds. The minimum Gasteiger partial charge on any atom is -0.481 e. The van der Waals surface area contributed by atoms with Crippen LogP contribution >= 0.6 is 0 Å². The lowest BCUT2D eigenvalue weighted by molar-refractivity contribution is -0.154. The van der Waals surface area contributed by atoms with E-state index in [1.807, 2.05) is 13.8 Å². The largest absolute Gasteiger partial charge is 0.481 e. The fourth-order valence-corrected chi connectivity index (χ4v) is 9.84. The Balaban J connectivity index is 1.39. The van der Waals surface area contributed by atoms with Crippen LogP contribution in [-0.2, 0) is 14.3 Å². The van der Waals surface area contributed by atoms with Gasteiger partial charge in [0.1, 0.15) is 6.10 Å². The number of allylic oxidation sites excluding steroid dienone is 1. The third-order valence-electron chi connectivity index (χ3n) is 11.8. The summed E-state index contributed by atoms with van der Waals surface area (Å²) in [6.45, 7) is 16.1. The van der Waals surface area contributed by atoms with Crippen molar-refractivity contribution in [3.8, 4) is 0 Å². The molecule has 3 fully saturated rings. The molecule has 0 spiro atoms. The Hall–Kier alpha value is -1.32. The first-order valence-corrected chi connectivity index (χ1v) is 15.9. The molecule has 0 radical (unpaired) electrons. The molecular weight excluding hydrogens is 472 g/mol. The van der Waals surface area contributed by atoms with Crippen molar-refractivity contribution < 1.29 is 19.4 Å². The standard InChI is InChI=1S/C34H56O4/c1-22(2)9-8-10-23(3)27-13-14-28-26-12-11-24-19-25(38-31(37)21-32(4,5)20-30(35)36)15-17-33(24,6)29(26)16-18-34(27,28)7/h11,22-23,25-29H,8-10,12-21H2,1-7H3,(H,35,36)/t23-,25+,26+,27-,28+,29+,33+,34-/m1/s1. The summed E-state index contributed by atoms with van der Waals surface area (Å²) in [5.74, 6) is 3.88. The monoisotopic (exact) mass is 528 g/mol. The van der Waals surface area contributed by atoms with Gasteiger partial charge in [-0.05, 0) is 96.7 Å². The molecule has 0 aromatic heterocycles. The normalized spacial score (nSPS) is 37.6. The van der Waals surface area contributed by atoms with E-state index >= 15 is 0 Å². The van der Waals surface area contributed by atoms with Gasteiger partial charge in [0.15, 0.2) is 0 Å². The maximum absolute atomic E-state index is 12.7. The number of carbonyl (C=O) groups excluding carboxylic acids is 1. The quantitative estimate of drug-likeness (QED) is 0.227. The predicted octanol–water partition coefficient (Wildman–Crippen LogP) is 8.83. The van der Waals surface area contributed by atoms with Crippen molar-refractivity contribution >= 4 is 11.9 Å². The van der Waals surface area contributed by atoms with Gasteiger partial charge in [-0.1, -0.05) is 79.4 Å². The van der Waals surface area contributed by atoms with Crippen LogP contribution in [0.2, 0.25) is 0 Å². The molecule has 4 nitrogen and oxygen atoms in total. The Bertz CT molecular complexity index is 902. The lowest BCUT2D eigenvalue weighted by Crippen LogP contribution is -2.51. The Kier molecular flexibility index (Phi) is 8.80. The second-order valence-electron chi connectivity index (χ2n) is 15.6. The highest BCUT2D eigenvalue weighted by atomic mass is 16.5. The van der Waals surface area contributed by atoms with Gasteiger partial charge in [0.05, 0.1) is 12.8 Å². The van der Waals surface area contributed by atoms with Crippen LogP contribution in [0, 0.1) is 51.8 Å². The second kappa shape index (κ2) is 11.3. The topological polar surface area (TPSA) is 63.6 Å². The molecule has 0 unspecified atom stereocenters. The third-order valence-corrected chi connectivity index (χ3v) is 11.8. The summed E-state index contributed by atoms with van der Waals surface area (Å²) >= 11 is 0. The average molecular weight is 529 g/mol. The van der Waals surface area contributed by atoms with Crippen LogP contribution < -0.4 is 0 Å². The smallest absolute Gasteiger partial charge is 0.306 e. The fourth-order valence-electron chi connectivity index (χ4n) is 9.84. The van der Waals surface area contributed by atoms with Crippen LogP contribution in [-0.4, -0.2) is 23.1 Å². The summed E-state index contributed by atoms with van der Waals surface area (Å²) in [4.78, 5) is 23.8. The number of ether oxygens (including phenoxy) is 1. The van der Waals surface area contributed by atoms with Crippen LogP contribution in [0.3, 0.4) is 0 Å². The van der Waals surface area contributed by atoms with E-state index in [0.717, 1.165) is 54.8 Å². The third kappa shape index (κ3) is 6.04. The van der Waals surface area contributed by atoms with Gasteiger partial charge in [-0.2, -0.15) is 0 Å². The molecule has 3 saturated carbocycles. The summed E-state index contributed by atoms with van der Waals surface area (Å²) in [7, 11) is 0. The van der Waals surface area contributed by atoms with Crippen LogP contribution in [0.5, 0.6) is 0 Å². The van der Waals surface area contributed by atoms with Gasteiger partial charge in [0, 0.05) is 6.42 Å². The van der Waals surface area contributed by atoms with Crippen molar-refractivity contribution in [2.24, 2.45) is 51.8 Å². The first kappa shape index (κ1) is 29.7. The molecular formula is C34H56O4. The van der Waals surface area contributed by atoms with Crippen LogP contribution in [0.25, 0.3) is 0 Å². The molecule has 38 heavy (non-hydrogen) atoms. The van der Waals surface area contributed by atoms with Crippen molar-refractivity contribution in [3.63, 3.8) is 0 Å². The molecule has 0 aromatic carbocycles. The number of carboxylic acids is 1. The number of carboxylic acid groups (broad SMARTS) is 1. The number of fused-ring (bicyclic) bond motifs is 5. The molecule has 4 aliphatic carbocycles. The number of esters is 1. The van der Waals surface area contributed by atoms with Gasteiger partial charge in [0.2, 0.25) is 0 Å². The molecule has 0 aliphatic heterocycles. The van der Waals surface area contributed by atoms with Crippen LogP contribution in [0.15, 0.2) is 11.6 Å². The van der Waals surface area contributed by atoms with E-state index in [-0.39, 0.29) is 30.3 Å². The molecule has 1 N–H and O–H groups in total. The maximum atomic E-state index is 12.7. The molecule has 8 atom stereocenters. The van der Waals surface area contributed by atoms with Gasteiger partial charge < -0.3 is 9.84 Å². The Morgan fingerprint density at radius 2 is 1.76 bits per heavy atom. The number of hydrogen-bond acceptors (Lipinski definition) is 3. The zero-order valence-electron chi connectivity index (χ0n) is 25.5. The summed E-state index contributed by atoms with van der Waals surface area (Å²) < 4.78 is 5.94. The number of aliphatic carboxylic acids is 1. The van der Waals surface area contributed by atoms with Crippen molar-refractivity contribution in [2.75, 3.05) is 0 Å². The Morgan fingerprint density at radius 3 is 2.45 bits per heavy atom. The van der Waals surface area contributed by atoms with E-state index in [0.29, 0.717) is 5.41 Å². The van der Waals surface area contributed by atoms with Crippen molar-refractivity contribution in [1.29, 1.82) is 0 Å². The van der Waals surface area contributed by atoms with E-state index in [1.165, 1.54) is 56.9 Å². The lowest BCUT2D eigenvalue weighted by Gasteiger charge is -2.58. The SMILES string of the molecule is CC(C)CCC[C@@H](C)[C@H]1CC[C@H]2[C@@H]3CC=C4C[C@@H](OC(=O)CC(C)(C)CC(=O)O)CC[C@]4(C)[C@H]3CC[C@]12C. The summed E-state index contributed by atoms with van der Waals surface area (Å²) in [5.41, 5.74) is 1.71. The summed E-state index contributed by atoms with van der Waals surface area (Å²) in [6.07, 6.45) is 16.5. The lowest BCUT2D eigenvalue weighted by atomic mass is 9.47. The highest BCUT2D eigenvalue weighted by molar-refractivity contribution is 5.73. The zero-order chi connectivity index (χ0) is 27.9. The van der Waals surface area contributed by atoms with E-state index in [9.17, 15) is 9.59 Å². The number of hydrogen-bond donors (Lipinski definition) is 1. The first-order valence-electron chi connectivity index (χ1n) is 15.9. The van der Waals surface area contributed by atoms with Gasteiger partial charge in [0.25, 0.3) is 0 Å². The van der Waals surface area contributed by atoms with Crippen LogP contribution in [0.4, 0.5) is 0 Å². The molecule has 0 bridgehead atoms. The highest BCUT2D eigenvalue weighted by Gasteiger charge is 2.59. The fraction of sp³-hybridized carbons (Fsp3) is 0.882. The van der Waals surface area contributed by atoms with E-state index < -0.39 is 11.4 Å². The molecule has 4 rings (SSSR count). The van der Waals surface area contributed by atoms with E-state index in [2.05, 4.69) is 40.7 Å². The molecule has 0 saturated heterocycles. The molecule has 4 aliphatic rings. The number of rotatable bonds is 10. The molecule has 0 aromatic rings. The van der Waals surface area contributed by atoms with Crippen molar-refractivity contribution in [2.45, 2.75) is 138 Å². The van der Waals surface area contributed by atoms with E-state index in [1.54, 1.807) is 0 Å². The molecule has 4 heteroatoms.